The van der Waals surface area contributed by atoms with E-state index in [4.69, 9.17) is 10.8 Å². The van der Waals surface area contributed by atoms with Gasteiger partial charge in [-0.3, -0.25) is 14.4 Å². The first-order chi connectivity index (χ1) is 10.5. The summed E-state index contributed by atoms with van der Waals surface area (Å²) in [4.78, 5) is 45.9. The van der Waals surface area contributed by atoms with Gasteiger partial charge in [0.15, 0.2) is 0 Å². The highest BCUT2D eigenvalue weighted by Crippen LogP contribution is 2.05. The maximum atomic E-state index is 11.9. The molecule has 0 aliphatic heterocycles. The third-order valence-corrected chi connectivity index (χ3v) is 2.93. The lowest BCUT2D eigenvalue weighted by molar-refractivity contribution is -0.142. The van der Waals surface area contributed by atoms with E-state index in [9.17, 15) is 19.2 Å². The van der Waals surface area contributed by atoms with E-state index in [1.807, 2.05) is 13.8 Å². The average Bonchev–Trinajstić information content (AvgIpc) is 2.42. The van der Waals surface area contributed by atoms with Gasteiger partial charge in [0.25, 0.3) is 0 Å². The molecule has 0 aromatic heterocycles. The minimum atomic E-state index is -1.13. The lowest BCUT2D eigenvalue weighted by Gasteiger charge is -2.20. The van der Waals surface area contributed by atoms with Crippen molar-refractivity contribution in [2.45, 2.75) is 52.2 Å². The molecule has 9 nitrogen and oxygen atoms in total. The molecule has 6 N–H and O–H groups in total. The third-order valence-electron chi connectivity index (χ3n) is 2.93. The molecule has 0 aliphatic rings. The number of hydrogen-bond acceptors (Lipinski definition) is 5. The van der Waals surface area contributed by atoms with Crippen LogP contribution < -0.4 is 21.7 Å². The van der Waals surface area contributed by atoms with E-state index in [0.29, 0.717) is 0 Å². The number of carboxylic acid groups (broad SMARTS) is 1. The normalized spacial score (nSPS) is 14.5. The van der Waals surface area contributed by atoms with E-state index in [1.165, 1.54) is 13.8 Å². The van der Waals surface area contributed by atoms with E-state index in [1.54, 1.807) is 0 Å². The number of carbonyl (C=O) groups excluding carboxylic acids is 3. The first-order valence-electron chi connectivity index (χ1n) is 7.40. The number of hydrogen-bond donors (Lipinski definition) is 5. The Balaban J connectivity index is 4.40. The molecule has 0 fully saturated rings. The maximum Gasteiger partial charge on any atom is 0.326 e. The number of aliphatic carboxylic acids is 1. The highest BCUT2D eigenvalue weighted by atomic mass is 16.4. The molecule has 0 rings (SSSR count). The van der Waals surface area contributed by atoms with Crippen LogP contribution >= 0.6 is 0 Å². The molecular formula is C14H26N4O5. The lowest BCUT2D eigenvalue weighted by Crippen LogP contribution is -2.52. The van der Waals surface area contributed by atoms with Crippen LogP contribution in [0.4, 0.5) is 0 Å². The average molecular weight is 330 g/mol. The smallest absolute Gasteiger partial charge is 0.326 e. The van der Waals surface area contributed by atoms with Crippen LogP contribution in [0.25, 0.3) is 0 Å². The fourth-order valence-electron chi connectivity index (χ4n) is 1.68. The molecule has 0 aromatic rings. The van der Waals surface area contributed by atoms with Gasteiger partial charge in [-0.05, 0) is 26.2 Å². The van der Waals surface area contributed by atoms with E-state index in [0.717, 1.165) is 0 Å². The number of carbonyl (C=O) groups is 4. The summed E-state index contributed by atoms with van der Waals surface area (Å²) in [6, 6.07) is -2.68. The van der Waals surface area contributed by atoms with Gasteiger partial charge in [-0.15, -0.1) is 0 Å². The topological polar surface area (TPSA) is 151 Å². The van der Waals surface area contributed by atoms with Gasteiger partial charge >= 0.3 is 5.97 Å². The Kier molecular flexibility index (Phi) is 8.86. The molecule has 0 aromatic carbocycles. The molecule has 0 bridgehead atoms. The predicted octanol–water partition coefficient (Wildman–Crippen LogP) is -1.43. The SMILES string of the molecule is CC(C)CC(NC(=O)C(C)NC(=O)CNC(=O)C(C)N)C(=O)O. The molecule has 0 spiro atoms. The monoisotopic (exact) mass is 330 g/mol. The van der Waals surface area contributed by atoms with Gasteiger partial charge in [0.1, 0.15) is 12.1 Å². The van der Waals surface area contributed by atoms with Gasteiger partial charge in [0.2, 0.25) is 17.7 Å². The van der Waals surface area contributed by atoms with Crippen molar-refractivity contribution >= 4 is 23.7 Å². The van der Waals surface area contributed by atoms with Crippen LogP contribution in [-0.4, -0.2) is 53.5 Å². The minimum absolute atomic E-state index is 0.0924. The molecule has 132 valence electrons. The summed E-state index contributed by atoms with van der Waals surface area (Å²) in [6.07, 6.45) is 0.284. The Morgan fingerprint density at radius 1 is 1.00 bits per heavy atom. The summed E-state index contributed by atoms with van der Waals surface area (Å²) >= 11 is 0. The number of nitrogens with two attached hydrogens (primary N) is 1. The van der Waals surface area contributed by atoms with Crippen LogP contribution in [0, 0.1) is 5.92 Å². The Labute approximate surface area is 135 Å². The second kappa shape index (κ2) is 9.78. The molecule has 3 amide bonds. The van der Waals surface area contributed by atoms with Crippen molar-refractivity contribution in [1.29, 1.82) is 0 Å². The van der Waals surface area contributed by atoms with Gasteiger partial charge in [-0.2, -0.15) is 0 Å². The highest BCUT2D eigenvalue weighted by molar-refractivity contribution is 5.92. The number of rotatable bonds is 9. The standard InChI is InChI=1S/C14H26N4O5/c1-7(2)5-10(14(22)23)18-13(21)9(4)17-11(19)6-16-12(20)8(3)15/h7-10H,5-6,15H2,1-4H3,(H,16,20)(H,17,19)(H,18,21)(H,22,23). The zero-order valence-corrected chi connectivity index (χ0v) is 13.9. The molecule has 3 unspecified atom stereocenters. The summed E-state index contributed by atoms with van der Waals surface area (Å²) in [5.41, 5.74) is 5.33. The van der Waals surface area contributed by atoms with Crippen molar-refractivity contribution in [1.82, 2.24) is 16.0 Å². The van der Waals surface area contributed by atoms with Crippen molar-refractivity contribution in [2.24, 2.45) is 11.7 Å². The molecule has 3 atom stereocenters. The van der Waals surface area contributed by atoms with Crippen LogP contribution in [0.3, 0.4) is 0 Å². The zero-order valence-electron chi connectivity index (χ0n) is 13.9. The van der Waals surface area contributed by atoms with Gasteiger partial charge in [0.05, 0.1) is 12.6 Å². The molecule has 0 saturated carbocycles. The fraction of sp³-hybridized carbons (Fsp3) is 0.714. The first kappa shape index (κ1) is 20.8. The van der Waals surface area contributed by atoms with E-state index < -0.39 is 41.8 Å². The molecule has 0 heterocycles. The first-order valence-corrected chi connectivity index (χ1v) is 7.40. The lowest BCUT2D eigenvalue weighted by atomic mass is 10.0. The van der Waals surface area contributed by atoms with Crippen molar-refractivity contribution in [3.63, 3.8) is 0 Å². The number of amides is 3. The van der Waals surface area contributed by atoms with Crippen molar-refractivity contribution in [2.75, 3.05) is 6.54 Å². The highest BCUT2D eigenvalue weighted by Gasteiger charge is 2.24. The molecule has 0 saturated heterocycles. The van der Waals surface area contributed by atoms with Crippen molar-refractivity contribution < 1.29 is 24.3 Å². The molecule has 0 radical (unpaired) electrons. The third kappa shape index (κ3) is 8.77. The van der Waals surface area contributed by atoms with E-state index >= 15 is 0 Å². The second-order valence-corrected chi connectivity index (χ2v) is 5.82. The van der Waals surface area contributed by atoms with Gasteiger partial charge < -0.3 is 26.8 Å². The fourth-order valence-corrected chi connectivity index (χ4v) is 1.68. The van der Waals surface area contributed by atoms with Crippen molar-refractivity contribution in [3.05, 3.63) is 0 Å². The summed E-state index contributed by atoms with van der Waals surface area (Å²) in [6.45, 7) is 6.27. The quantitative estimate of drug-likeness (QED) is 0.350. The Morgan fingerprint density at radius 3 is 2.00 bits per heavy atom. The molecular weight excluding hydrogens is 304 g/mol. The molecule has 23 heavy (non-hydrogen) atoms. The van der Waals surface area contributed by atoms with Crippen LogP contribution in [0.5, 0.6) is 0 Å². The van der Waals surface area contributed by atoms with Gasteiger partial charge in [-0.1, -0.05) is 13.8 Å². The molecule has 9 heteroatoms. The summed E-state index contributed by atoms with van der Waals surface area (Å²) in [5, 5.41) is 16.1. The summed E-state index contributed by atoms with van der Waals surface area (Å²) in [7, 11) is 0. The van der Waals surface area contributed by atoms with E-state index in [-0.39, 0.29) is 18.9 Å². The summed E-state index contributed by atoms with van der Waals surface area (Å²) in [5.74, 6) is -2.70. The largest absolute Gasteiger partial charge is 0.480 e. The van der Waals surface area contributed by atoms with Gasteiger partial charge in [-0.25, -0.2) is 4.79 Å². The van der Waals surface area contributed by atoms with Crippen LogP contribution in [0.15, 0.2) is 0 Å². The Hall–Kier alpha value is -2.16. The van der Waals surface area contributed by atoms with Crippen LogP contribution in [-0.2, 0) is 19.2 Å². The predicted molar refractivity (Wildman–Crippen MR) is 83.3 cm³/mol. The zero-order chi connectivity index (χ0) is 18.2. The Bertz CT molecular complexity index is 450. The minimum Gasteiger partial charge on any atom is -0.480 e. The summed E-state index contributed by atoms with van der Waals surface area (Å²) < 4.78 is 0. The maximum absolute atomic E-state index is 11.9. The number of nitrogens with one attached hydrogen (secondary N) is 3. The van der Waals surface area contributed by atoms with E-state index in [2.05, 4.69) is 16.0 Å². The van der Waals surface area contributed by atoms with Crippen LogP contribution in [0.1, 0.15) is 34.1 Å². The van der Waals surface area contributed by atoms with Crippen LogP contribution in [0.2, 0.25) is 0 Å². The number of carboxylic acids is 1. The van der Waals surface area contributed by atoms with Crippen molar-refractivity contribution in [3.8, 4) is 0 Å². The Morgan fingerprint density at radius 2 is 1.57 bits per heavy atom. The molecule has 0 aliphatic carbocycles. The second-order valence-electron chi connectivity index (χ2n) is 5.82. The van der Waals surface area contributed by atoms with Gasteiger partial charge in [0, 0.05) is 0 Å².